The van der Waals surface area contributed by atoms with Gasteiger partial charge in [-0.05, 0) is 24.5 Å². The highest BCUT2D eigenvalue weighted by molar-refractivity contribution is 5.94. The first kappa shape index (κ1) is 13.5. The van der Waals surface area contributed by atoms with Crippen molar-refractivity contribution in [3.05, 3.63) is 36.3 Å². The van der Waals surface area contributed by atoms with Gasteiger partial charge in [0, 0.05) is 31.2 Å². The molecule has 2 rings (SSSR count). The molecule has 0 aromatic carbocycles. The van der Waals surface area contributed by atoms with Gasteiger partial charge in [0.2, 0.25) is 0 Å². The maximum atomic E-state index is 12.2. The number of rotatable bonds is 5. The lowest BCUT2D eigenvalue weighted by Crippen LogP contribution is -2.41. The minimum absolute atomic E-state index is 0.0194. The average molecular weight is 260 g/mol. The van der Waals surface area contributed by atoms with Crippen LogP contribution in [0.3, 0.4) is 0 Å². The second kappa shape index (κ2) is 5.84. The summed E-state index contributed by atoms with van der Waals surface area (Å²) in [5, 5.41) is 2.97. The number of carbonyl (C=O) groups is 1. The standard InChI is InChI=1S/C14H20N4O/c1-10(2)7-12(8-15)17-14(19)11-3-4-13-16-5-6-18(13)9-11/h3-6,9-10,12H,7-8,15H2,1-2H3,(H,17,19). The number of nitrogens with zero attached hydrogens (tertiary/aromatic N) is 2. The Bertz CT molecular complexity index is 561. The molecule has 0 saturated carbocycles. The number of hydrogen-bond acceptors (Lipinski definition) is 3. The molecule has 0 spiro atoms. The van der Waals surface area contributed by atoms with Gasteiger partial charge in [0.1, 0.15) is 5.65 Å². The summed E-state index contributed by atoms with van der Waals surface area (Å²) in [5.41, 5.74) is 7.14. The van der Waals surface area contributed by atoms with Crippen molar-refractivity contribution in [1.82, 2.24) is 14.7 Å². The van der Waals surface area contributed by atoms with Gasteiger partial charge in [-0.25, -0.2) is 4.98 Å². The summed E-state index contributed by atoms with van der Waals surface area (Å²) in [4.78, 5) is 16.3. The van der Waals surface area contributed by atoms with Crippen LogP contribution in [0.1, 0.15) is 30.6 Å². The van der Waals surface area contributed by atoms with E-state index >= 15 is 0 Å². The first-order valence-corrected chi connectivity index (χ1v) is 6.53. The summed E-state index contributed by atoms with van der Waals surface area (Å²) >= 11 is 0. The van der Waals surface area contributed by atoms with Gasteiger partial charge >= 0.3 is 0 Å². The zero-order valence-electron chi connectivity index (χ0n) is 11.3. The topological polar surface area (TPSA) is 72.4 Å². The Morgan fingerprint density at radius 2 is 2.26 bits per heavy atom. The molecule has 102 valence electrons. The van der Waals surface area contributed by atoms with E-state index in [1.165, 1.54) is 0 Å². The first-order chi connectivity index (χ1) is 9.10. The van der Waals surface area contributed by atoms with Crippen molar-refractivity contribution in [3.8, 4) is 0 Å². The molecule has 2 aromatic heterocycles. The number of fused-ring (bicyclic) bond motifs is 1. The number of aromatic nitrogens is 2. The van der Waals surface area contributed by atoms with Crippen LogP contribution in [-0.2, 0) is 0 Å². The van der Waals surface area contributed by atoms with Crippen LogP contribution in [0.15, 0.2) is 30.7 Å². The molecule has 1 atom stereocenters. The third-order valence-electron chi connectivity index (χ3n) is 3.03. The van der Waals surface area contributed by atoms with E-state index in [0.29, 0.717) is 18.0 Å². The number of carbonyl (C=O) groups excluding carboxylic acids is 1. The van der Waals surface area contributed by atoms with Crippen LogP contribution < -0.4 is 11.1 Å². The molecular formula is C14H20N4O. The number of pyridine rings is 1. The van der Waals surface area contributed by atoms with Gasteiger partial charge in [-0.1, -0.05) is 13.8 Å². The Morgan fingerprint density at radius 3 is 2.95 bits per heavy atom. The molecule has 2 heterocycles. The lowest BCUT2D eigenvalue weighted by molar-refractivity contribution is 0.0933. The van der Waals surface area contributed by atoms with Crippen LogP contribution in [0.4, 0.5) is 0 Å². The third-order valence-corrected chi connectivity index (χ3v) is 3.03. The summed E-state index contributed by atoms with van der Waals surface area (Å²) in [6.07, 6.45) is 6.19. The second-order valence-electron chi connectivity index (χ2n) is 5.15. The van der Waals surface area contributed by atoms with E-state index < -0.39 is 0 Å². The maximum Gasteiger partial charge on any atom is 0.253 e. The highest BCUT2D eigenvalue weighted by Crippen LogP contribution is 2.07. The first-order valence-electron chi connectivity index (χ1n) is 6.53. The van der Waals surface area contributed by atoms with Gasteiger partial charge in [0.05, 0.1) is 5.56 Å². The summed E-state index contributed by atoms with van der Waals surface area (Å²) in [6.45, 7) is 4.69. The van der Waals surface area contributed by atoms with E-state index in [1.54, 1.807) is 18.5 Å². The molecule has 0 aliphatic carbocycles. The van der Waals surface area contributed by atoms with Crippen molar-refractivity contribution < 1.29 is 4.79 Å². The minimum Gasteiger partial charge on any atom is -0.348 e. The van der Waals surface area contributed by atoms with Crippen molar-refractivity contribution in [3.63, 3.8) is 0 Å². The second-order valence-corrected chi connectivity index (χ2v) is 5.15. The van der Waals surface area contributed by atoms with E-state index in [0.717, 1.165) is 12.1 Å². The molecule has 0 bridgehead atoms. The fourth-order valence-corrected chi connectivity index (χ4v) is 2.11. The maximum absolute atomic E-state index is 12.2. The van der Waals surface area contributed by atoms with E-state index in [9.17, 15) is 4.79 Å². The van der Waals surface area contributed by atoms with Crippen LogP contribution in [0, 0.1) is 5.92 Å². The van der Waals surface area contributed by atoms with E-state index in [-0.39, 0.29) is 11.9 Å². The molecule has 3 N–H and O–H groups in total. The highest BCUT2D eigenvalue weighted by atomic mass is 16.1. The molecule has 0 aliphatic heterocycles. The number of hydrogen-bond donors (Lipinski definition) is 2. The van der Waals surface area contributed by atoms with E-state index in [2.05, 4.69) is 24.1 Å². The third kappa shape index (κ3) is 3.32. The van der Waals surface area contributed by atoms with E-state index in [1.807, 2.05) is 16.7 Å². The Kier molecular flexibility index (Phi) is 4.16. The Balaban J connectivity index is 2.09. The molecule has 0 aliphatic rings. The van der Waals surface area contributed by atoms with Crippen LogP contribution in [0.5, 0.6) is 0 Å². The Hall–Kier alpha value is -1.88. The fraction of sp³-hybridized carbons (Fsp3) is 0.429. The molecule has 5 heteroatoms. The smallest absolute Gasteiger partial charge is 0.253 e. The van der Waals surface area contributed by atoms with Gasteiger partial charge in [-0.2, -0.15) is 0 Å². The minimum atomic E-state index is -0.0910. The number of amides is 1. The largest absolute Gasteiger partial charge is 0.348 e. The molecule has 2 aromatic rings. The van der Waals surface area contributed by atoms with Gasteiger partial charge in [-0.15, -0.1) is 0 Å². The Morgan fingerprint density at radius 1 is 1.47 bits per heavy atom. The number of nitrogens with two attached hydrogens (primary N) is 1. The monoisotopic (exact) mass is 260 g/mol. The van der Waals surface area contributed by atoms with Crippen molar-refractivity contribution in [2.75, 3.05) is 6.54 Å². The Labute approximate surface area is 112 Å². The quantitative estimate of drug-likeness (QED) is 0.854. The predicted molar refractivity (Wildman–Crippen MR) is 75.0 cm³/mol. The SMILES string of the molecule is CC(C)CC(CN)NC(=O)c1ccc2nccn2c1. The molecular weight excluding hydrogens is 240 g/mol. The molecule has 1 amide bonds. The van der Waals surface area contributed by atoms with Crippen LogP contribution in [0.25, 0.3) is 5.65 Å². The summed E-state index contributed by atoms with van der Waals surface area (Å²) in [6, 6.07) is 3.63. The molecule has 0 saturated heterocycles. The van der Waals surface area contributed by atoms with E-state index in [4.69, 9.17) is 5.73 Å². The molecule has 5 nitrogen and oxygen atoms in total. The van der Waals surface area contributed by atoms with Gasteiger partial charge in [-0.3, -0.25) is 4.79 Å². The zero-order chi connectivity index (χ0) is 13.8. The molecule has 0 fully saturated rings. The number of nitrogens with one attached hydrogen (secondary N) is 1. The van der Waals surface area contributed by atoms with Crippen LogP contribution in [0.2, 0.25) is 0 Å². The van der Waals surface area contributed by atoms with Crippen LogP contribution in [-0.4, -0.2) is 27.9 Å². The fourth-order valence-electron chi connectivity index (χ4n) is 2.11. The van der Waals surface area contributed by atoms with Gasteiger partial charge in [0.15, 0.2) is 0 Å². The van der Waals surface area contributed by atoms with Crippen molar-refractivity contribution in [1.29, 1.82) is 0 Å². The summed E-state index contributed by atoms with van der Waals surface area (Å²) in [7, 11) is 0. The van der Waals surface area contributed by atoms with Gasteiger partial charge < -0.3 is 15.5 Å². The van der Waals surface area contributed by atoms with Crippen molar-refractivity contribution >= 4 is 11.6 Å². The average Bonchev–Trinajstić information content (AvgIpc) is 2.84. The molecule has 0 radical (unpaired) electrons. The zero-order valence-corrected chi connectivity index (χ0v) is 11.3. The normalized spacial score (nSPS) is 12.8. The lowest BCUT2D eigenvalue weighted by Gasteiger charge is -2.18. The van der Waals surface area contributed by atoms with Crippen molar-refractivity contribution in [2.45, 2.75) is 26.3 Å². The summed E-state index contributed by atoms with van der Waals surface area (Å²) in [5.74, 6) is 0.414. The molecule has 19 heavy (non-hydrogen) atoms. The summed E-state index contributed by atoms with van der Waals surface area (Å²) < 4.78 is 1.83. The van der Waals surface area contributed by atoms with Crippen LogP contribution >= 0.6 is 0 Å². The number of imidazole rings is 1. The van der Waals surface area contributed by atoms with Crippen molar-refractivity contribution in [2.24, 2.45) is 11.7 Å². The molecule has 1 unspecified atom stereocenters. The highest BCUT2D eigenvalue weighted by Gasteiger charge is 2.14. The predicted octanol–water partition coefficient (Wildman–Crippen LogP) is 1.44. The lowest BCUT2D eigenvalue weighted by atomic mass is 10.0. The van der Waals surface area contributed by atoms with Gasteiger partial charge in [0.25, 0.3) is 5.91 Å².